The number of aromatic amines is 1. The van der Waals surface area contributed by atoms with Crippen molar-refractivity contribution in [2.75, 3.05) is 0 Å². The molecule has 0 spiro atoms. The lowest BCUT2D eigenvalue weighted by molar-refractivity contribution is -0.127. The smallest absolute Gasteiger partial charge is 0.275 e. The third kappa shape index (κ3) is 4.81. The Labute approximate surface area is 168 Å². The summed E-state index contributed by atoms with van der Waals surface area (Å²) < 4.78 is 0. The molecular formula is C22H36N4O2. The van der Waals surface area contributed by atoms with Gasteiger partial charge in [-0.1, -0.05) is 40.5 Å². The van der Waals surface area contributed by atoms with Crippen LogP contribution in [0.2, 0.25) is 0 Å². The van der Waals surface area contributed by atoms with Gasteiger partial charge < -0.3 is 10.3 Å². The van der Waals surface area contributed by atoms with Gasteiger partial charge in [0.25, 0.3) is 5.56 Å². The van der Waals surface area contributed by atoms with Gasteiger partial charge in [0.15, 0.2) is 5.69 Å². The molecule has 0 aliphatic heterocycles. The van der Waals surface area contributed by atoms with Crippen molar-refractivity contribution in [3.8, 4) is 0 Å². The minimum Gasteiger partial charge on any atom is -0.347 e. The number of nitrogens with one attached hydrogen (secondary N) is 2. The number of hydrogen-bond donors (Lipinski definition) is 2. The van der Waals surface area contributed by atoms with Gasteiger partial charge in [-0.2, -0.15) is 0 Å². The van der Waals surface area contributed by atoms with E-state index in [0.29, 0.717) is 35.2 Å². The summed E-state index contributed by atoms with van der Waals surface area (Å²) in [6.07, 6.45) is 9.15. The van der Waals surface area contributed by atoms with Gasteiger partial charge in [0, 0.05) is 11.8 Å². The summed E-state index contributed by atoms with van der Waals surface area (Å²) in [5, 5.41) is 11.6. The molecule has 3 rings (SSSR count). The first-order chi connectivity index (χ1) is 13.3. The van der Waals surface area contributed by atoms with E-state index in [1.165, 1.54) is 12.8 Å². The van der Waals surface area contributed by atoms with Crippen molar-refractivity contribution < 1.29 is 4.79 Å². The highest BCUT2D eigenvalue weighted by atomic mass is 16.2. The van der Waals surface area contributed by atoms with Crippen LogP contribution in [0.4, 0.5) is 0 Å². The molecule has 1 unspecified atom stereocenters. The monoisotopic (exact) mass is 388 g/mol. The molecule has 2 aliphatic rings. The fourth-order valence-electron chi connectivity index (χ4n) is 4.84. The highest BCUT2D eigenvalue weighted by Crippen LogP contribution is 2.40. The number of carbonyl (C=O) groups excluding carboxylic acids is 1. The summed E-state index contributed by atoms with van der Waals surface area (Å²) >= 11 is 0. The number of amides is 1. The van der Waals surface area contributed by atoms with E-state index in [4.69, 9.17) is 0 Å². The summed E-state index contributed by atoms with van der Waals surface area (Å²) in [5.74, 6) is 1.79. The summed E-state index contributed by atoms with van der Waals surface area (Å²) in [7, 11) is 0. The molecule has 6 nitrogen and oxygen atoms in total. The molecular weight excluding hydrogens is 352 g/mol. The number of nitrogens with zero attached hydrogens (tertiary/aromatic N) is 2. The predicted octanol–water partition coefficient (Wildman–Crippen LogP) is 4.24. The Bertz CT molecular complexity index is 723. The van der Waals surface area contributed by atoms with Gasteiger partial charge in [-0.05, 0) is 56.3 Å². The molecule has 2 N–H and O–H groups in total. The first-order valence-electron chi connectivity index (χ1n) is 11.1. The molecule has 0 saturated heterocycles. The molecule has 0 aromatic carbocycles. The Balaban J connectivity index is 1.62. The normalized spacial score (nSPS) is 24.9. The molecule has 1 heterocycles. The van der Waals surface area contributed by atoms with Gasteiger partial charge in [-0.3, -0.25) is 9.59 Å². The Morgan fingerprint density at radius 3 is 2.29 bits per heavy atom. The van der Waals surface area contributed by atoms with Crippen molar-refractivity contribution >= 4 is 5.91 Å². The quantitative estimate of drug-likeness (QED) is 0.789. The van der Waals surface area contributed by atoms with Crippen LogP contribution in [-0.2, 0) is 4.79 Å². The SMILES string of the molecule is CCC(NC(=O)C1CCC(C(C)(C)C)CC1)c1nnc(C2CCCC2)[nH]c1=O. The molecule has 6 heteroatoms. The lowest BCUT2D eigenvalue weighted by atomic mass is 9.69. The molecule has 156 valence electrons. The zero-order valence-electron chi connectivity index (χ0n) is 17.9. The van der Waals surface area contributed by atoms with E-state index >= 15 is 0 Å². The minimum absolute atomic E-state index is 0.0393. The van der Waals surface area contributed by atoms with Gasteiger partial charge in [-0.25, -0.2) is 0 Å². The molecule has 1 amide bonds. The van der Waals surface area contributed by atoms with Crippen molar-refractivity contribution in [2.24, 2.45) is 17.3 Å². The number of rotatable bonds is 5. The average molecular weight is 389 g/mol. The maximum atomic E-state index is 12.8. The standard InChI is InChI=1S/C22H36N4O2/c1-5-17(18-21(28)24-19(26-25-18)14-8-6-7-9-14)23-20(27)15-10-12-16(13-11-15)22(2,3)4/h14-17H,5-13H2,1-4H3,(H,23,27)(H,24,26,28). The van der Waals surface area contributed by atoms with Crippen molar-refractivity contribution in [3.63, 3.8) is 0 Å². The molecule has 2 aliphatic carbocycles. The second-order valence-electron chi connectivity index (χ2n) is 9.79. The molecule has 1 aromatic heterocycles. The molecule has 0 bridgehead atoms. The summed E-state index contributed by atoms with van der Waals surface area (Å²) in [5.41, 5.74) is 0.429. The van der Waals surface area contributed by atoms with Crippen LogP contribution in [0, 0.1) is 17.3 Å². The van der Waals surface area contributed by atoms with Gasteiger partial charge in [0.2, 0.25) is 5.91 Å². The Kier molecular flexibility index (Phi) is 6.56. The predicted molar refractivity (Wildman–Crippen MR) is 110 cm³/mol. The third-order valence-corrected chi connectivity index (χ3v) is 6.86. The third-order valence-electron chi connectivity index (χ3n) is 6.86. The van der Waals surface area contributed by atoms with E-state index in [2.05, 4.69) is 41.3 Å². The van der Waals surface area contributed by atoms with Crippen LogP contribution in [0.1, 0.15) is 109 Å². The Morgan fingerprint density at radius 2 is 1.75 bits per heavy atom. The van der Waals surface area contributed by atoms with Crippen LogP contribution in [0.5, 0.6) is 0 Å². The van der Waals surface area contributed by atoms with Gasteiger partial charge in [0.1, 0.15) is 5.82 Å². The molecule has 0 radical (unpaired) electrons. The van der Waals surface area contributed by atoms with Crippen LogP contribution >= 0.6 is 0 Å². The summed E-state index contributed by atoms with van der Waals surface area (Å²) in [4.78, 5) is 28.3. The van der Waals surface area contributed by atoms with Gasteiger partial charge in [0.05, 0.1) is 6.04 Å². The lowest BCUT2D eigenvalue weighted by Crippen LogP contribution is -2.39. The number of aromatic nitrogens is 3. The van der Waals surface area contributed by atoms with E-state index in [1.54, 1.807) is 0 Å². The van der Waals surface area contributed by atoms with Crippen LogP contribution in [-0.4, -0.2) is 21.1 Å². The van der Waals surface area contributed by atoms with Crippen LogP contribution in [0.15, 0.2) is 4.79 Å². The maximum Gasteiger partial charge on any atom is 0.275 e. The number of H-pyrrole nitrogens is 1. The second-order valence-corrected chi connectivity index (χ2v) is 9.79. The van der Waals surface area contributed by atoms with Gasteiger partial charge >= 0.3 is 0 Å². The fraction of sp³-hybridized carbons (Fsp3) is 0.818. The highest BCUT2D eigenvalue weighted by molar-refractivity contribution is 5.79. The summed E-state index contributed by atoms with van der Waals surface area (Å²) in [6.45, 7) is 8.82. The first-order valence-corrected chi connectivity index (χ1v) is 11.1. The number of hydrogen-bond acceptors (Lipinski definition) is 4. The molecule has 2 saturated carbocycles. The van der Waals surface area contributed by atoms with E-state index in [9.17, 15) is 9.59 Å². The van der Waals surface area contributed by atoms with Crippen molar-refractivity contribution in [3.05, 3.63) is 21.9 Å². The van der Waals surface area contributed by atoms with E-state index in [1.807, 2.05) is 6.92 Å². The van der Waals surface area contributed by atoms with E-state index in [0.717, 1.165) is 38.5 Å². The molecule has 28 heavy (non-hydrogen) atoms. The topological polar surface area (TPSA) is 87.7 Å². The average Bonchev–Trinajstić information content (AvgIpc) is 3.20. The Hall–Kier alpha value is -1.72. The van der Waals surface area contributed by atoms with Crippen molar-refractivity contribution in [1.29, 1.82) is 0 Å². The van der Waals surface area contributed by atoms with E-state index < -0.39 is 0 Å². The van der Waals surface area contributed by atoms with Crippen LogP contribution in [0.3, 0.4) is 0 Å². The van der Waals surface area contributed by atoms with Crippen molar-refractivity contribution in [1.82, 2.24) is 20.5 Å². The summed E-state index contributed by atoms with van der Waals surface area (Å²) in [6, 6.07) is -0.373. The van der Waals surface area contributed by atoms with Crippen LogP contribution < -0.4 is 10.9 Å². The minimum atomic E-state index is -0.373. The lowest BCUT2D eigenvalue weighted by Gasteiger charge is -2.36. The van der Waals surface area contributed by atoms with Gasteiger partial charge in [-0.15, -0.1) is 10.2 Å². The molecule has 1 aromatic rings. The van der Waals surface area contributed by atoms with E-state index in [-0.39, 0.29) is 23.4 Å². The van der Waals surface area contributed by atoms with Crippen molar-refractivity contribution in [2.45, 2.75) is 97.4 Å². The largest absolute Gasteiger partial charge is 0.347 e. The highest BCUT2D eigenvalue weighted by Gasteiger charge is 2.33. The second kappa shape index (κ2) is 8.75. The Morgan fingerprint density at radius 1 is 1.11 bits per heavy atom. The molecule has 1 atom stereocenters. The fourth-order valence-corrected chi connectivity index (χ4v) is 4.84. The zero-order valence-corrected chi connectivity index (χ0v) is 17.9. The zero-order chi connectivity index (χ0) is 20.3. The molecule has 2 fully saturated rings. The maximum absolute atomic E-state index is 12.8. The van der Waals surface area contributed by atoms with Crippen LogP contribution in [0.25, 0.3) is 0 Å². The number of carbonyl (C=O) groups is 1. The first kappa shape index (κ1) is 21.0.